The molecule has 36 heavy (non-hydrogen) atoms. The molecule has 1 fully saturated rings. The number of fused-ring (bicyclic) bond motifs is 1. The first-order valence-electron chi connectivity index (χ1n) is 11.1. The van der Waals surface area contributed by atoms with Crippen LogP contribution in [-0.4, -0.2) is 58.6 Å². The van der Waals surface area contributed by atoms with E-state index >= 15 is 0 Å². The van der Waals surface area contributed by atoms with Gasteiger partial charge in [-0.25, -0.2) is 21.9 Å². The minimum atomic E-state index is -4.01. The van der Waals surface area contributed by atoms with E-state index in [2.05, 4.69) is 10.3 Å². The lowest BCUT2D eigenvalue weighted by Crippen LogP contribution is -2.39. The molecule has 1 amide bonds. The van der Waals surface area contributed by atoms with Crippen LogP contribution in [0.1, 0.15) is 28.8 Å². The van der Waals surface area contributed by atoms with Gasteiger partial charge in [-0.1, -0.05) is 22.4 Å². The third-order valence-corrected chi connectivity index (χ3v) is 8.14. The fourth-order valence-electron chi connectivity index (χ4n) is 4.38. The summed E-state index contributed by atoms with van der Waals surface area (Å²) in [5.41, 5.74) is 0.914. The number of amides is 1. The number of hydrogen-bond acceptors (Lipinski definition) is 7. The van der Waals surface area contributed by atoms with Gasteiger partial charge in [0.15, 0.2) is 6.80 Å². The van der Waals surface area contributed by atoms with Crippen molar-refractivity contribution in [2.45, 2.75) is 37.1 Å². The molecule has 2 aromatic carbocycles. The summed E-state index contributed by atoms with van der Waals surface area (Å²) in [7, 11) is -4.01. The molecule has 2 aliphatic heterocycles. The molecule has 5 rings (SSSR count). The minimum absolute atomic E-state index is 0.00183. The van der Waals surface area contributed by atoms with Gasteiger partial charge in [0.1, 0.15) is 12.4 Å². The van der Waals surface area contributed by atoms with Crippen molar-refractivity contribution in [1.82, 2.24) is 19.3 Å². The van der Waals surface area contributed by atoms with Gasteiger partial charge < -0.3 is 9.64 Å². The van der Waals surface area contributed by atoms with Crippen molar-refractivity contribution in [3.05, 3.63) is 65.6 Å². The number of carbonyl (C=O) groups excluding carboxylic acids is 2. The number of hydrogen-bond donors (Lipinski definition) is 0. The average molecular weight is 518 g/mol. The second-order valence-corrected chi connectivity index (χ2v) is 10.4. The molecular weight excluding hydrogens is 496 g/mol. The molecule has 1 atom stereocenters. The second kappa shape index (κ2) is 9.39. The van der Waals surface area contributed by atoms with Gasteiger partial charge in [-0.2, -0.15) is 4.31 Å². The molecule has 3 aromatic rings. The molecule has 0 radical (unpaired) electrons. The zero-order chi connectivity index (χ0) is 25.4. The fraction of sp³-hybridized carbons (Fsp3) is 0.304. The number of sulfonamides is 1. The number of benzene rings is 2. The first-order valence-corrected chi connectivity index (χ1v) is 12.6. The predicted octanol–water partition coefficient (Wildman–Crippen LogP) is 2.31. The van der Waals surface area contributed by atoms with Crippen molar-refractivity contribution < 1.29 is 31.5 Å². The molecule has 2 aliphatic rings. The van der Waals surface area contributed by atoms with E-state index in [1.165, 1.54) is 57.9 Å². The van der Waals surface area contributed by atoms with Crippen LogP contribution in [0, 0.1) is 5.82 Å². The SMILES string of the molecule is O=C1C(=O)N(Cc2ccc(F)cc2)c2ccc(S(=O)(=O)N3CCC[C@H]3COc3cn(CF)nn3)cc21. The monoisotopic (exact) mass is 517 g/mol. The van der Waals surface area contributed by atoms with Gasteiger partial charge in [0, 0.05) is 6.54 Å². The van der Waals surface area contributed by atoms with Crippen LogP contribution < -0.4 is 9.64 Å². The Hall–Kier alpha value is -3.71. The molecule has 188 valence electrons. The molecule has 0 saturated carbocycles. The van der Waals surface area contributed by atoms with E-state index in [1.54, 1.807) is 0 Å². The summed E-state index contributed by atoms with van der Waals surface area (Å²) >= 11 is 0. The van der Waals surface area contributed by atoms with Gasteiger partial charge in [-0.15, -0.1) is 0 Å². The molecule has 3 heterocycles. The predicted molar refractivity (Wildman–Crippen MR) is 122 cm³/mol. The molecule has 10 nitrogen and oxygen atoms in total. The lowest BCUT2D eigenvalue weighted by Gasteiger charge is -2.24. The van der Waals surface area contributed by atoms with Crippen molar-refractivity contribution in [1.29, 1.82) is 0 Å². The summed E-state index contributed by atoms with van der Waals surface area (Å²) < 4.78 is 60.5. The van der Waals surface area contributed by atoms with E-state index in [0.717, 1.165) is 4.68 Å². The molecule has 13 heteroatoms. The zero-order valence-corrected chi connectivity index (χ0v) is 19.7. The van der Waals surface area contributed by atoms with Gasteiger partial charge in [0.2, 0.25) is 10.0 Å². The summed E-state index contributed by atoms with van der Waals surface area (Å²) in [4.78, 5) is 26.5. The first kappa shape index (κ1) is 24.0. The van der Waals surface area contributed by atoms with Crippen LogP contribution in [0.3, 0.4) is 0 Å². The summed E-state index contributed by atoms with van der Waals surface area (Å²) in [6.45, 7) is -0.560. The van der Waals surface area contributed by atoms with E-state index in [1.807, 2.05) is 0 Å². The van der Waals surface area contributed by atoms with Crippen LogP contribution in [0.4, 0.5) is 14.5 Å². The number of aromatic nitrogens is 3. The number of ether oxygens (including phenoxy) is 1. The standard InChI is InChI=1S/C23H21F2N5O5S/c24-14-28-12-21(26-27-28)35-13-17-2-1-9-30(17)36(33,34)18-7-8-20-19(10-18)22(31)23(32)29(20)11-15-3-5-16(25)6-4-15/h3-8,10,12,17H,1-2,9,11,13-14H2/t17-/m0/s1. The largest absolute Gasteiger partial charge is 0.474 e. The Morgan fingerprint density at radius 1 is 1.11 bits per heavy atom. The molecule has 0 aliphatic carbocycles. The number of halogens is 2. The van der Waals surface area contributed by atoms with Crippen LogP contribution in [0.2, 0.25) is 0 Å². The molecule has 0 unspecified atom stereocenters. The summed E-state index contributed by atoms with van der Waals surface area (Å²) in [6, 6.07) is 9.06. The maximum atomic E-state index is 13.4. The number of rotatable bonds is 8. The highest BCUT2D eigenvalue weighted by Gasteiger charge is 2.40. The minimum Gasteiger partial charge on any atom is -0.474 e. The second-order valence-electron chi connectivity index (χ2n) is 8.46. The highest BCUT2D eigenvalue weighted by Crippen LogP contribution is 2.34. The van der Waals surface area contributed by atoms with Crippen molar-refractivity contribution in [3.63, 3.8) is 0 Å². The van der Waals surface area contributed by atoms with Crippen LogP contribution in [0.25, 0.3) is 0 Å². The highest BCUT2D eigenvalue weighted by molar-refractivity contribution is 7.89. The smallest absolute Gasteiger partial charge is 0.299 e. The average Bonchev–Trinajstić information content (AvgIpc) is 3.60. The van der Waals surface area contributed by atoms with E-state index in [4.69, 9.17) is 4.74 Å². The summed E-state index contributed by atoms with van der Waals surface area (Å²) in [5.74, 6) is -1.92. The molecule has 1 aromatic heterocycles. The fourth-order valence-corrected chi connectivity index (χ4v) is 6.09. The molecule has 1 saturated heterocycles. The normalized spacial score (nSPS) is 18.2. The van der Waals surface area contributed by atoms with Crippen molar-refractivity contribution >= 4 is 27.4 Å². The van der Waals surface area contributed by atoms with E-state index in [9.17, 15) is 26.8 Å². The van der Waals surface area contributed by atoms with E-state index in [0.29, 0.717) is 24.1 Å². The number of anilines is 1. The topological polar surface area (TPSA) is 115 Å². The maximum Gasteiger partial charge on any atom is 0.299 e. The van der Waals surface area contributed by atoms with Gasteiger partial charge in [0.05, 0.1) is 34.9 Å². The lowest BCUT2D eigenvalue weighted by atomic mass is 10.1. The Morgan fingerprint density at radius 3 is 2.61 bits per heavy atom. The number of Topliss-reactive ketones (excluding diaryl/α,β-unsaturated/α-hetero) is 1. The van der Waals surface area contributed by atoms with E-state index < -0.39 is 40.4 Å². The van der Waals surface area contributed by atoms with Crippen molar-refractivity contribution in [2.24, 2.45) is 0 Å². The Kier molecular flexibility index (Phi) is 6.26. The zero-order valence-electron chi connectivity index (χ0n) is 18.9. The quantitative estimate of drug-likeness (QED) is 0.421. The lowest BCUT2D eigenvalue weighted by molar-refractivity contribution is -0.114. The van der Waals surface area contributed by atoms with Crippen molar-refractivity contribution in [2.75, 3.05) is 18.1 Å². The summed E-state index contributed by atoms with van der Waals surface area (Å²) in [6.07, 6.45) is 2.43. The van der Waals surface area contributed by atoms with Crippen molar-refractivity contribution in [3.8, 4) is 5.88 Å². The van der Waals surface area contributed by atoms with E-state index in [-0.39, 0.29) is 36.0 Å². The number of alkyl halides is 1. The van der Waals surface area contributed by atoms with Gasteiger partial charge >= 0.3 is 0 Å². The molecular formula is C23H21F2N5O5S. The Balaban J connectivity index is 1.36. The molecule has 0 N–H and O–H groups in total. The van der Waals surface area contributed by atoms with Gasteiger partial charge in [-0.3, -0.25) is 9.59 Å². The van der Waals surface area contributed by atoms with Crippen LogP contribution in [0.5, 0.6) is 5.88 Å². The third-order valence-electron chi connectivity index (χ3n) is 6.19. The van der Waals surface area contributed by atoms with Gasteiger partial charge in [0.25, 0.3) is 17.6 Å². The van der Waals surface area contributed by atoms with Crippen LogP contribution in [0.15, 0.2) is 53.6 Å². The number of carbonyl (C=O) groups is 2. The molecule has 0 spiro atoms. The Labute approximate surface area is 205 Å². The van der Waals surface area contributed by atoms with Crippen LogP contribution >= 0.6 is 0 Å². The maximum absolute atomic E-state index is 13.4. The Bertz CT molecular complexity index is 1430. The highest BCUT2D eigenvalue weighted by atomic mass is 32.2. The van der Waals surface area contributed by atoms with Crippen LogP contribution in [-0.2, 0) is 28.2 Å². The first-order chi connectivity index (χ1) is 17.3. The number of nitrogens with zero attached hydrogens (tertiary/aromatic N) is 5. The van der Waals surface area contributed by atoms with Gasteiger partial charge in [-0.05, 0) is 48.7 Å². The Morgan fingerprint density at radius 2 is 1.89 bits per heavy atom. The third kappa shape index (κ3) is 4.35. The number of ketones is 1. The molecule has 0 bridgehead atoms. The summed E-state index contributed by atoms with van der Waals surface area (Å²) in [5, 5.41) is 7.21.